The number of amides is 1. The number of sulfonamides is 1. The van der Waals surface area contributed by atoms with Gasteiger partial charge in [-0.25, -0.2) is 13.1 Å². The van der Waals surface area contributed by atoms with E-state index >= 15 is 0 Å². The van der Waals surface area contributed by atoms with E-state index in [0.717, 1.165) is 5.56 Å². The molecule has 2 rings (SSSR count). The summed E-state index contributed by atoms with van der Waals surface area (Å²) in [6.45, 7) is 6.02. The third kappa shape index (κ3) is 6.69. The molecular formula is C20H26N2O4S. The van der Waals surface area contributed by atoms with E-state index in [1.165, 1.54) is 17.7 Å². The van der Waals surface area contributed by atoms with E-state index in [9.17, 15) is 13.2 Å². The van der Waals surface area contributed by atoms with Crippen LogP contribution in [0.4, 0.5) is 0 Å². The highest BCUT2D eigenvalue weighted by Crippen LogP contribution is 2.16. The number of ether oxygens (including phenoxy) is 1. The zero-order valence-electron chi connectivity index (χ0n) is 15.9. The molecule has 0 saturated heterocycles. The lowest BCUT2D eigenvalue weighted by Gasteiger charge is -2.12. The van der Waals surface area contributed by atoms with Crippen LogP contribution in [0.15, 0.2) is 53.4 Å². The quantitative estimate of drug-likeness (QED) is 0.690. The summed E-state index contributed by atoms with van der Waals surface area (Å²) in [5.41, 5.74) is 2.18. The minimum atomic E-state index is -3.55. The van der Waals surface area contributed by atoms with Crippen LogP contribution in [0.25, 0.3) is 0 Å². The van der Waals surface area contributed by atoms with Crippen LogP contribution in [0.5, 0.6) is 5.75 Å². The Balaban J connectivity index is 1.83. The van der Waals surface area contributed by atoms with Crippen molar-refractivity contribution in [3.05, 3.63) is 59.7 Å². The van der Waals surface area contributed by atoms with Crippen LogP contribution < -0.4 is 14.8 Å². The normalized spacial score (nSPS) is 12.4. The number of carbonyl (C=O) groups is 1. The molecule has 0 fully saturated rings. The van der Waals surface area contributed by atoms with Crippen molar-refractivity contribution < 1.29 is 17.9 Å². The van der Waals surface area contributed by atoms with Gasteiger partial charge in [-0.1, -0.05) is 36.8 Å². The SMILES string of the molecule is CC[C@H](C)NS(=O)(=O)c1ccc(OCC(=O)NCc2ccc(C)cc2)cc1. The van der Waals surface area contributed by atoms with Crippen molar-refractivity contribution in [2.75, 3.05) is 6.61 Å². The molecule has 6 nitrogen and oxygen atoms in total. The molecule has 0 aliphatic rings. The molecule has 0 bridgehead atoms. The molecule has 2 aromatic rings. The van der Waals surface area contributed by atoms with Gasteiger partial charge in [0.2, 0.25) is 10.0 Å². The smallest absolute Gasteiger partial charge is 0.258 e. The molecule has 0 aromatic heterocycles. The molecule has 0 heterocycles. The molecule has 0 saturated carbocycles. The maximum Gasteiger partial charge on any atom is 0.258 e. The number of hydrogen-bond acceptors (Lipinski definition) is 4. The van der Waals surface area contributed by atoms with E-state index in [0.29, 0.717) is 18.7 Å². The third-order valence-corrected chi connectivity index (χ3v) is 5.69. The predicted molar refractivity (Wildman–Crippen MR) is 105 cm³/mol. The van der Waals surface area contributed by atoms with Gasteiger partial charge in [-0.05, 0) is 50.1 Å². The first-order valence-corrected chi connectivity index (χ1v) is 10.4. The molecule has 2 N–H and O–H groups in total. The standard InChI is InChI=1S/C20H26N2O4S/c1-4-16(3)22-27(24,25)19-11-9-18(10-12-19)26-14-20(23)21-13-17-7-5-15(2)6-8-17/h5-12,16,22H,4,13-14H2,1-3H3,(H,21,23)/t16-/m0/s1. The van der Waals surface area contributed by atoms with Gasteiger partial charge in [0.15, 0.2) is 6.61 Å². The van der Waals surface area contributed by atoms with Crippen LogP contribution in [0, 0.1) is 6.92 Å². The largest absolute Gasteiger partial charge is 0.484 e. The van der Waals surface area contributed by atoms with Gasteiger partial charge < -0.3 is 10.1 Å². The van der Waals surface area contributed by atoms with E-state index in [-0.39, 0.29) is 23.5 Å². The van der Waals surface area contributed by atoms with Crippen LogP contribution in [0.2, 0.25) is 0 Å². The first kappa shape index (κ1) is 20.9. The molecule has 1 amide bonds. The van der Waals surface area contributed by atoms with Crippen LogP contribution in [-0.4, -0.2) is 27.0 Å². The summed E-state index contributed by atoms with van der Waals surface area (Å²) in [5, 5.41) is 2.78. The number of hydrogen-bond donors (Lipinski definition) is 2. The monoisotopic (exact) mass is 390 g/mol. The topological polar surface area (TPSA) is 84.5 Å². The summed E-state index contributed by atoms with van der Waals surface area (Å²) in [7, 11) is -3.55. The molecule has 0 spiro atoms. The van der Waals surface area contributed by atoms with Crippen LogP contribution in [0.1, 0.15) is 31.4 Å². The average molecular weight is 391 g/mol. The molecule has 27 heavy (non-hydrogen) atoms. The predicted octanol–water partition coefficient (Wildman–Crippen LogP) is 2.77. The fourth-order valence-corrected chi connectivity index (χ4v) is 3.56. The van der Waals surface area contributed by atoms with Gasteiger partial charge in [0.1, 0.15) is 5.75 Å². The minimum Gasteiger partial charge on any atom is -0.484 e. The van der Waals surface area contributed by atoms with Gasteiger partial charge in [0.05, 0.1) is 4.90 Å². The minimum absolute atomic E-state index is 0.136. The maximum atomic E-state index is 12.2. The molecule has 0 aliphatic carbocycles. The summed E-state index contributed by atoms with van der Waals surface area (Å²) in [6.07, 6.45) is 0.706. The van der Waals surface area contributed by atoms with Crippen molar-refractivity contribution in [2.24, 2.45) is 0 Å². The van der Waals surface area contributed by atoms with Crippen molar-refractivity contribution >= 4 is 15.9 Å². The fourth-order valence-electron chi connectivity index (χ4n) is 2.24. The molecule has 7 heteroatoms. The summed E-state index contributed by atoms with van der Waals surface area (Å²) in [4.78, 5) is 12.1. The van der Waals surface area contributed by atoms with Gasteiger partial charge in [0.25, 0.3) is 5.91 Å². The second-order valence-corrected chi connectivity index (χ2v) is 8.17. The Morgan fingerprint density at radius 2 is 1.70 bits per heavy atom. The second-order valence-electron chi connectivity index (χ2n) is 6.45. The number of rotatable bonds is 9. The van der Waals surface area contributed by atoms with Crippen molar-refractivity contribution in [1.82, 2.24) is 10.0 Å². The first-order valence-electron chi connectivity index (χ1n) is 8.87. The van der Waals surface area contributed by atoms with Crippen molar-refractivity contribution in [1.29, 1.82) is 0 Å². The Morgan fingerprint density at radius 3 is 2.30 bits per heavy atom. The highest BCUT2D eigenvalue weighted by Gasteiger charge is 2.16. The number of carbonyl (C=O) groups excluding carboxylic acids is 1. The molecular weight excluding hydrogens is 364 g/mol. The lowest BCUT2D eigenvalue weighted by molar-refractivity contribution is -0.123. The van der Waals surface area contributed by atoms with Gasteiger partial charge in [-0.3, -0.25) is 4.79 Å². The number of benzene rings is 2. The van der Waals surface area contributed by atoms with Gasteiger partial charge >= 0.3 is 0 Å². The highest BCUT2D eigenvalue weighted by atomic mass is 32.2. The Morgan fingerprint density at radius 1 is 1.07 bits per heavy atom. The van der Waals surface area contributed by atoms with E-state index in [1.54, 1.807) is 12.1 Å². The van der Waals surface area contributed by atoms with E-state index in [4.69, 9.17) is 4.74 Å². The lowest BCUT2D eigenvalue weighted by atomic mass is 10.1. The van der Waals surface area contributed by atoms with E-state index in [2.05, 4.69) is 10.0 Å². The number of nitrogens with one attached hydrogen (secondary N) is 2. The van der Waals surface area contributed by atoms with Crippen molar-refractivity contribution in [2.45, 2.75) is 44.7 Å². The summed E-state index contributed by atoms with van der Waals surface area (Å²) in [6, 6.07) is 13.8. The second kappa shape index (κ2) is 9.53. The Kier molecular flexibility index (Phi) is 7.38. The molecule has 2 aromatic carbocycles. The zero-order valence-corrected chi connectivity index (χ0v) is 16.7. The molecule has 0 unspecified atom stereocenters. The van der Waals surface area contributed by atoms with E-state index < -0.39 is 10.0 Å². The van der Waals surface area contributed by atoms with Crippen LogP contribution in [0.3, 0.4) is 0 Å². The van der Waals surface area contributed by atoms with Gasteiger partial charge in [-0.15, -0.1) is 0 Å². The summed E-state index contributed by atoms with van der Waals surface area (Å²) < 4.78 is 32.4. The van der Waals surface area contributed by atoms with Crippen molar-refractivity contribution in [3.8, 4) is 5.75 Å². The fraction of sp³-hybridized carbons (Fsp3) is 0.350. The van der Waals surface area contributed by atoms with Crippen LogP contribution in [-0.2, 0) is 21.4 Å². The van der Waals surface area contributed by atoms with Gasteiger partial charge in [0, 0.05) is 12.6 Å². The molecule has 1 atom stereocenters. The highest BCUT2D eigenvalue weighted by molar-refractivity contribution is 7.89. The molecule has 0 radical (unpaired) electrons. The maximum absolute atomic E-state index is 12.2. The third-order valence-electron chi connectivity index (χ3n) is 4.08. The summed E-state index contributed by atoms with van der Waals surface area (Å²) >= 11 is 0. The molecule has 0 aliphatic heterocycles. The van der Waals surface area contributed by atoms with Crippen molar-refractivity contribution in [3.63, 3.8) is 0 Å². The van der Waals surface area contributed by atoms with Gasteiger partial charge in [-0.2, -0.15) is 0 Å². The zero-order chi connectivity index (χ0) is 19.9. The number of aryl methyl sites for hydroxylation is 1. The lowest BCUT2D eigenvalue weighted by Crippen LogP contribution is -2.32. The summed E-state index contributed by atoms with van der Waals surface area (Å²) in [5.74, 6) is 0.189. The Bertz CT molecular complexity index is 847. The average Bonchev–Trinajstić information content (AvgIpc) is 2.65. The Labute approximate surface area is 161 Å². The van der Waals surface area contributed by atoms with Crippen LogP contribution >= 0.6 is 0 Å². The first-order chi connectivity index (χ1) is 12.8. The molecule has 146 valence electrons. The van der Waals surface area contributed by atoms with E-state index in [1.807, 2.05) is 45.0 Å². The Hall–Kier alpha value is -2.38.